The van der Waals surface area contributed by atoms with Gasteiger partial charge in [0, 0.05) is 0 Å². The Morgan fingerprint density at radius 3 is 2.85 bits per heavy atom. The minimum atomic E-state index is -1.67. The minimum absolute atomic E-state index is 0.0793. The van der Waals surface area contributed by atoms with E-state index in [0.717, 1.165) is 0 Å². The summed E-state index contributed by atoms with van der Waals surface area (Å²) in [5.41, 5.74) is 0.171. The van der Waals surface area contributed by atoms with E-state index in [1.807, 2.05) is 0 Å². The molecule has 1 N–H and O–H groups in total. The summed E-state index contributed by atoms with van der Waals surface area (Å²) in [6.45, 7) is 0. The van der Waals surface area contributed by atoms with E-state index in [4.69, 9.17) is 9.84 Å². The smallest absolute Gasteiger partial charge is 0.180 e. The van der Waals surface area contributed by atoms with Crippen LogP contribution < -0.4 is 4.74 Å². The van der Waals surface area contributed by atoms with Gasteiger partial charge in [0.1, 0.15) is 0 Å². The van der Waals surface area contributed by atoms with Crippen LogP contribution in [0.1, 0.15) is 11.7 Å². The number of halogens is 1. The molecule has 0 aliphatic carbocycles. The monoisotopic (exact) mass is 184 g/mol. The first-order valence-corrected chi connectivity index (χ1v) is 3.65. The number of carbonyl (C=O) groups excluding carboxylic acids is 1. The molecule has 0 aromatic heterocycles. The van der Waals surface area contributed by atoms with Gasteiger partial charge in [-0.2, -0.15) is 0 Å². The van der Waals surface area contributed by atoms with E-state index in [9.17, 15) is 9.18 Å². The minimum Gasteiger partial charge on any atom is -0.504 e. The van der Waals surface area contributed by atoms with E-state index < -0.39 is 6.17 Å². The van der Waals surface area contributed by atoms with Gasteiger partial charge in [0.05, 0.1) is 7.11 Å². The highest BCUT2D eigenvalue weighted by molar-refractivity contribution is 5.61. The molecule has 1 aromatic carbocycles. The summed E-state index contributed by atoms with van der Waals surface area (Å²) in [6.07, 6.45) is -1.49. The molecule has 1 unspecified atom stereocenters. The number of ether oxygens (including phenoxy) is 1. The molecule has 1 rings (SSSR count). The van der Waals surface area contributed by atoms with Gasteiger partial charge in [-0.25, -0.2) is 4.39 Å². The number of carbonyl (C=O) groups is 1. The Labute approximate surface area is 74.8 Å². The van der Waals surface area contributed by atoms with Crippen LogP contribution in [0.25, 0.3) is 0 Å². The van der Waals surface area contributed by atoms with Crippen molar-refractivity contribution < 1.29 is 19.0 Å². The van der Waals surface area contributed by atoms with Gasteiger partial charge in [-0.15, -0.1) is 0 Å². The molecule has 70 valence electrons. The van der Waals surface area contributed by atoms with Gasteiger partial charge in [0.25, 0.3) is 0 Å². The number of aromatic hydroxyl groups is 1. The Bertz CT molecular complexity index is 312. The van der Waals surface area contributed by atoms with E-state index in [0.29, 0.717) is 0 Å². The Morgan fingerprint density at radius 2 is 2.31 bits per heavy atom. The standard InChI is InChI=1S/C9H9FO3/c1-13-9-4-6(7(10)5-11)2-3-8(9)12/h2-5,7,12H,1H3. The maximum Gasteiger partial charge on any atom is 0.180 e. The molecule has 4 heteroatoms. The average molecular weight is 184 g/mol. The van der Waals surface area contributed by atoms with Gasteiger partial charge in [-0.05, 0) is 17.7 Å². The van der Waals surface area contributed by atoms with Crippen molar-refractivity contribution in [2.24, 2.45) is 0 Å². The van der Waals surface area contributed by atoms with Crippen molar-refractivity contribution >= 4 is 6.29 Å². The first-order chi connectivity index (χ1) is 6.19. The van der Waals surface area contributed by atoms with Crippen LogP contribution in [0.4, 0.5) is 4.39 Å². The lowest BCUT2D eigenvalue weighted by atomic mass is 10.1. The molecule has 0 aliphatic heterocycles. The number of aldehydes is 1. The first-order valence-electron chi connectivity index (χ1n) is 3.65. The fraction of sp³-hybridized carbons (Fsp3) is 0.222. The Hall–Kier alpha value is -1.58. The van der Waals surface area contributed by atoms with Crippen LogP contribution in [0.3, 0.4) is 0 Å². The summed E-state index contributed by atoms with van der Waals surface area (Å²) in [4.78, 5) is 10.1. The van der Waals surface area contributed by atoms with E-state index in [1.165, 1.54) is 25.3 Å². The van der Waals surface area contributed by atoms with Crippen molar-refractivity contribution in [1.82, 2.24) is 0 Å². The molecule has 0 heterocycles. The highest BCUT2D eigenvalue weighted by Crippen LogP contribution is 2.29. The lowest BCUT2D eigenvalue weighted by molar-refractivity contribution is -0.112. The fourth-order valence-corrected chi connectivity index (χ4v) is 0.944. The molecule has 0 amide bonds. The Morgan fingerprint density at radius 1 is 1.62 bits per heavy atom. The van der Waals surface area contributed by atoms with Crippen molar-refractivity contribution in [3.63, 3.8) is 0 Å². The lowest BCUT2D eigenvalue weighted by Gasteiger charge is -2.06. The van der Waals surface area contributed by atoms with Crippen LogP contribution in [0.15, 0.2) is 18.2 Å². The zero-order valence-electron chi connectivity index (χ0n) is 7.03. The normalized spacial score (nSPS) is 12.2. The highest BCUT2D eigenvalue weighted by atomic mass is 19.1. The third-order valence-corrected chi connectivity index (χ3v) is 1.64. The third-order valence-electron chi connectivity index (χ3n) is 1.64. The zero-order valence-corrected chi connectivity index (χ0v) is 7.03. The summed E-state index contributed by atoms with van der Waals surface area (Å²) in [6, 6.07) is 3.90. The second-order valence-electron chi connectivity index (χ2n) is 2.47. The number of hydrogen-bond acceptors (Lipinski definition) is 3. The molecule has 0 saturated carbocycles. The molecule has 13 heavy (non-hydrogen) atoms. The molecule has 1 aromatic rings. The summed E-state index contributed by atoms with van der Waals surface area (Å²) in [5, 5.41) is 9.15. The second kappa shape index (κ2) is 3.89. The lowest BCUT2D eigenvalue weighted by Crippen LogP contribution is -1.93. The maximum atomic E-state index is 12.8. The molecule has 1 atom stereocenters. The number of rotatable bonds is 3. The largest absolute Gasteiger partial charge is 0.504 e. The third kappa shape index (κ3) is 1.96. The SMILES string of the molecule is COc1cc(C(F)C=O)ccc1O. The molecule has 0 bridgehead atoms. The number of benzene rings is 1. The van der Waals surface area contributed by atoms with E-state index in [2.05, 4.69) is 0 Å². The van der Waals surface area contributed by atoms with Gasteiger partial charge in [0.2, 0.25) is 0 Å². The summed E-state index contributed by atoms with van der Waals surface area (Å²) in [7, 11) is 1.35. The number of hydrogen-bond donors (Lipinski definition) is 1. The number of phenols is 1. The maximum absolute atomic E-state index is 12.8. The van der Waals surface area contributed by atoms with E-state index >= 15 is 0 Å². The predicted molar refractivity (Wildman–Crippen MR) is 44.6 cm³/mol. The molecular formula is C9H9FO3. The summed E-state index contributed by atoms with van der Waals surface area (Å²) >= 11 is 0. The topological polar surface area (TPSA) is 46.5 Å². The van der Waals surface area contributed by atoms with Crippen LogP contribution in [-0.2, 0) is 4.79 Å². The molecule has 0 spiro atoms. The van der Waals surface area contributed by atoms with Crippen molar-refractivity contribution in [2.45, 2.75) is 6.17 Å². The number of alkyl halides is 1. The summed E-state index contributed by atoms with van der Waals surface area (Å²) in [5.74, 6) is 0.0753. The van der Waals surface area contributed by atoms with Gasteiger partial charge in [0.15, 0.2) is 24.0 Å². The van der Waals surface area contributed by atoms with E-state index in [-0.39, 0.29) is 23.3 Å². The first kappa shape index (κ1) is 9.51. The van der Waals surface area contributed by atoms with Gasteiger partial charge < -0.3 is 9.84 Å². The molecule has 0 radical (unpaired) electrons. The van der Waals surface area contributed by atoms with E-state index in [1.54, 1.807) is 0 Å². The average Bonchev–Trinajstić information content (AvgIpc) is 2.17. The van der Waals surface area contributed by atoms with Crippen molar-refractivity contribution in [3.8, 4) is 11.5 Å². The van der Waals surface area contributed by atoms with Crippen molar-refractivity contribution in [1.29, 1.82) is 0 Å². The Kier molecular flexibility index (Phi) is 2.84. The Balaban J connectivity index is 3.05. The zero-order chi connectivity index (χ0) is 9.84. The van der Waals surface area contributed by atoms with Crippen LogP contribution in [-0.4, -0.2) is 18.5 Å². The van der Waals surface area contributed by atoms with Crippen LogP contribution in [0.5, 0.6) is 11.5 Å². The number of phenolic OH excluding ortho intramolecular Hbond substituents is 1. The summed E-state index contributed by atoms with van der Waals surface area (Å²) < 4.78 is 17.6. The fourth-order valence-electron chi connectivity index (χ4n) is 0.944. The second-order valence-corrected chi connectivity index (χ2v) is 2.47. The van der Waals surface area contributed by atoms with Crippen molar-refractivity contribution in [2.75, 3.05) is 7.11 Å². The highest BCUT2D eigenvalue weighted by Gasteiger charge is 2.10. The quantitative estimate of drug-likeness (QED) is 0.726. The van der Waals surface area contributed by atoms with Crippen LogP contribution >= 0.6 is 0 Å². The molecule has 0 saturated heterocycles. The van der Waals surface area contributed by atoms with Gasteiger partial charge >= 0.3 is 0 Å². The van der Waals surface area contributed by atoms with Gasteiger partial charge in [-0.3, -0.25) is 4.79 Å². The van der Waals surface area contributed by atoms with Gasteiger partial charge in [-0.1, -0.05) is 6.07 Å². The molecule has 0 aliphatic rings. The van der Waals surface area contributed by atoms with Crippen molar-refractivity contribution in [3.05, 3.63) is 23.8 Å². The predicted octanol–water partition coefficient (Wildman–Crippen LogP) is 1.61. The molecule has 3 nitrogen and oxygen atoms in total. The molecular weight excluding hydrogens is 175 g/mol. The van der Waals surface area contributed by atoms with Crippen LogP contribution in [0, 0.1) is 0 Å². The number of methoxy groups -OCH3 is 1. The molecule has 0 fully saturated rings. The van der Waals surface area contributed by atoms with Crippen LogP contribution in [0.2, 0.25) is 0 Å².